The number of halogens is 1. The van der Waals surface area contributed by atoms with Crippen LogP contribution in [0, 0.1) is 0 Å². The molecule has 0 heterocycles. The van der Waals surface area contributed by atoms with Crippen LogP contribution in [0.2, 0.25) is 5.02 Å². The highest BCUT2D eigenvalue weighted by Crippen LogP contribution is 2.17. The highest BCUT2D eigenvalue weighted by atomic mass is 35.5. The van der Waals surface area contributed by atoms with E-state index in [0.29, 0.717) is 16.3 Å². The maximum Gasteiger partial charge on any atom is 0.333 e. The number of hydrogen-bond acceptors (Lipinski definition) is 5. The molecule has 27 heavy (non-hydrogen) atoms. The highest BCUT2D eigenvalue weighted by Gasteiger charge is 2.26. The third kappa shape index (κ3) is 6.90. The average molecular weight is 407 g/mol. The summed E-state index contributed by atoms with van der Waals surface area (Å²) in [7, 11) is 0. The summed E-state index contributed by atoms with van der Waals surface area (Å²) in [5.74, 6) is 0.260. The van der Waals surface area contributed by atoms with E-state index in [9.17, 15) is 9.59 Å². The Labute approximate surface area is 168 Å². The normalized spacial score (nSPS) is 12.9. The summed E-state index contributed by atoms with van der Waals surface area (Å²) in [6, 6.07) is 14.9. The molecule has 0 unspecified atom stereocenters. The zero-order chi connectivity index (χ0) is 19.6. The van der Waals surface area contributed by atoms with Gasteiger partial charge in [-0.05, 0) is 30.2 Å². The minimum Gasteiger partial charge on any atom is -0.464 e. The molecule has 2 aromatic carbocycles. The van der Waals surface area contributed by atoms with Crippen LogP contribution in [0.25, 0.3) is 0 Å². The second kappa shape index (κ2) is 11.0. The van der Waals surface area contributed by atoms with Gasteiger partial charge in [-0.1, -0.05) is 54.1 Å². The average Bonchev–Trinajstić information content (AvgIpc) is 2.68. The standard InChI is InChI=1S/C20H23ClN2O3S/c1-2-26-20(25)18(15-6-4-3-5-7-15)23-19(24)17(22)13-27-12-14-8-10-16(21)11-9-14/h3-11,17-18H,2,12-13,22H2,1H3,(H,23,24)/t17-,18+/m0/s1. The molecule has 7 heteroatoms. The third-order valence-electron chi connectivity index (χ3n) is 3.76. The van der Waals surface area contributed by atoms with Crippen LogP contribution in [0.15, 0.2) is 54.6 Å². The Kier molecular flexibility index (Phi) is 8.64. The van der Waals surface area contributed by atoms with Crippen LogP contribution in [-0.4, -0.2) is 30.3 Å². The van der Waals surface area contributed by atoms with E-state index in [1.54, 1.807) is 43.0 Å². The number of carbonyl (C=O) groups is 2. The molecular weight excluding hydrogens is 384 g/mol. The van der Waals surface area contributed by atoms with Gasteiger partial charge < -0.3 is 15.8 Å². The van der Waals surface area contributed by atoms with Gasteiger partial charge in [-0.2, -0.15) is 11.8 Å². The van der Waals surface area contributed by atoms with E-state index in [-0.39, 0.29) is 12.5 Å². The van der Waals surface area contributed by atoms with Crippen LogP contribution in [0.5, 0.6) is 0 Å². The molecule has 1 amide bonds. The van der Waals surface area contributed by atoms with E-state index in [1.165, 1.54) is 0 Å². The zero-order valence-electron chi connectivity index (χ0n) is 15.1. The van der Waals surface area contributed by atoms with E-state index in [2.05, 4.69) is 5.32 Å². The fourth-order valence-electron chi connectivity index (χ4n) is 2.36. The Balaban J connectivity index is 1.91. The van der Waals surface area contributed by atoms with Gasteiger partial charge in [0.05, 0.1) is 12.6 Å². The number of nitrogens with two attached hydrogens (primary N) is 1. The summed E-state index contributed by atoms with van der Waals surface area (Å²) in [6.45, 7) is 1.96. The Morgan fingerprint density at radius 2 is 1.81 bits per heavy atom. The molecule has 0 aliphatic heterocycles. The fourth-order valence-corrected chi connectivity index (χ4v) is 3.44. The third-order valence-corrected chi connectivity index (χ3v) is 5.14. The molecule has 0 aliphatic carbocycles. The van der Waals surface area contributed by atoms with Crippen LogP contribution in [0.1, 0.15) is 24.1 Å². The number of esters is 1. The van der Waals surface area contributed by atoms with Crippen LogP contribution < -0.4 is 11.1 Å². The lowest BCUT2D eigenvalue weighted by molar-refractivity contribution is -0.147. The van der Waals surface area contributed by atoms with Crippen molar-refractivity contribution in [3.63, 3.8) is 0 Å². The Bertz CT molecular complexity index is 741. The number of carbonyl (C=O) groups excluding carboxylic acids is 2. The number of hydrogen-bond donors (Lipinski definition) is 2. The number of nitrogens with one attached hydrogen (secondary N) is 1. The maximum absolute atomic E-state index is 12.4. The summed E-state index contributed by atoms with van der Waals surface area (Å²) in [5, 5.41) is 3.39. The predicted molar refractivity (Wildman–Crippen MR) is 110 cm³/mol. The maximum atomic E-state index is 12.4. The molecule has 2 aromatic rings. The second-order valence-corrected chi connectivity index (χ2v) is 7.32. The summed E-state index contributed by atoms with van der Waals surface area (Å²) in [4.78, 5) is 24.7. The Hall–Kier alpha value is -2.02. The minimum atomic E-state index is -0.869. The molecule has 0 fully saturated rings. The van der Waals surface area contributed by atoms with Crippen molar-refractivity contribution in [1.82, 2.24) is 5.32 Å². The largest absolute Gasteiger partial charge is 0.464 e. The predicted octanol–water partition coefficient (Wildman–Crippen LogP) is 3.32. The van der Waals surface area contributed by atoms with Crippen molar-refractivity contribution in [1.29, 1.82) is 0 Å². The SMILES string of the molecule is CCOC(=O)[C@H](NC(=O)[C@@H](N)CSCc1ccc(Cl)cc1)c1ccccc1. The molecule has 5 nitrogen and oxygen atoms in total. The van der Waals surface area contributed by atoms with Gasteiger partial charge >= 0.3 is 5.97 Å². The minimum absolute atomic E-state index is 0.237. The first-order chi connectivity index (χ1) is 13.0. The smallest absolute Gasteiger partial charge is 0.333 e. The highest BCUT2D eigenvalue weighted by molar-refractivity contribution is 7.98. The van der Waals surface area contributed by atoms with Crippen molar-refractivity contribution >= 4 is 35.2 Å². The van der Waals surface area contributed by atoms with Crippen LogP contribution >= 0.6 is 23.4 Å². The molecule has 0 bridgehead atoms. The van der Waals surface area contributed by atoms with Crippen molar-refractivity contribution in [2.24, 2.45) is 5.73 Å². The van der Waals surface area contributed by atoms with E-state index in [1.807, 2.05) is 30.3 Å². The molecule has 3 N–H and O–H groups in total. The lowest BCUT2D eigenvalue weighted by Crippen LogP contribution is -2.46. The molecule has 0 aromatic heterocycles. The molecule has 144 valence electrons. The van der Waals surface area contributed by atoms with Gasteiger partial charge in [0.1, 0.15) is 0 Å². The van der Waals surface area contributed by atoms with E-state index < -0.39 is 18.1 Å². The van der Waals surface area contributed by atoms with E-state index in [0.717, 1.165) is 11.3 Å². The summed E-state index contributed by atoms with van der Waals surface area (Å²) in [5.41, 5.74) is 7.76. The lowest BCUT2D eigenvalue weighted by Gasteiger charge is -2.20. The van der Waals surface area contributed by atoms with Gasteiger partial charge in [-0.3, -0.25) is 4.79 Å². The van der Waals surface area contributed by atoms with Gasteiger partial charge in [-0.15, -0.1) is 0 Å². The van der Waals surface area contributed by atoms with Crippen LogP contribution in [0.3, 0.4) is 0 Å². The number of thioether (sulfide) groups is 1. The van der Waals surface area contributed by atoms with Gasteiger partial charge in [0.25, 0.3) is 0 Å². The first kappa shape index (κ1) is 21.3. The molecule has 0 saturated heterocycles. The summed E-state index contributed by atoms with van der Waals surface area (Å²) < 4.78 is 5.08. The summed E-state index contributed by atoms with van der Waals surface area (Å²) in [6.07, 6.45) is 0. The Morgan fingerprint density at radius 1 is 1.15 bits per heavy atom. The zero-order valence-corrected chi connectivity index (χ0v) is 16.6. The van der Waals surface area contributed by atoms with Crippen molar-refractivity contribution in [3.05, 3.63) is 70.7 Å². The second-order valence-electron chi connectivity index (χ2n) is 5.85. The molecular formula is C20H23ClN2O3S. The van der Waals surface area contributed by atoms with Gasteiger partial charge in [-0.25, -0.2) is 4.79 Å². The van der Waals surface area contributed by atoms with Crippen molar-refractivity contribution in [2.45, 2.75) is 24.8 Å². The van der Waals surface area contributed by atoms with Gasteiger partial charge in [0, 0.05) is 16.5 Å². The van der Waals surface area contributed by atoms with Crippen molar-refractivity contribution in [2.75, 3.05) is 12.4 Å². The monoisotopic (exact) mass is 406 g/mol. The molecule has 0 radical (unpaired) electrons. The van der Waals surface area contributed by atoms with E-state index >= 15 is 0 Å². The van der Waals surface area contributed by atoms with E-state index in [4.69, 9.17) is 22.1 Å². The molecule has 0 aliphatic rings. The van der Waals surface area contributed by atoms with Crippen LogP contribution in [0.4, 0.5) is 0 Å². The Morgan fingerprint density at radius 3 is 2.44 bits per heavy atom. The summed E-state index contributed by atoms with van der Waals surface area (Å²) >= 11 is 7.41. The first-order valence-electron chi connectivity index (χ1n) is 8.61. The number of amides is 1. The van der Waals surface area contributed by atoms with Gasteiger partial charge in [0.2, 0.25) is 5.91 Å². The molecule has 2 rings (SSSR count). The number of ether oxygens (including phenoxy) is 1. The number of benzene rings is 2. The molecule has 2 atom stereocenters. The fraction of sp³-hybridized carbons (Fsp3) is 0.300. The molecule has 0 spiro atoms. The lowest BCUT2D eigenvalue weighted by atomic mass is 10.1. The molecule has 0 saturated carbocycles. The number of rotatable bonds is 9. The van der Waals surface area contributed by atoms with Gasteiger partial charge in [0.15, 0.2) is 6.04 Å². The first-order valence-corrected chi connectivity index (χ1v) is 10.1. The van der Waals surface area contributed by atoms with Crippen molar-refractivity contribution < 1.29 is 14.3 Å². The quantitative estimate of drug-likeness (QED) is 0.624. The topological polar surface area (TPSA) is 81.4 Å². The van der Waals surface area contributed by atoms with Crippen LogP contribution in [-0.2, 0) is 20.1 Å². The van der Waals surface area contributed by atoms with Crippen molar-refractivity contribution in [3.8, 4) is 0 Å².